The first-order valence-corrected chi connectivity index (χ1v) is 11.9. The van der Waals surface area contributed by atoms with Gasteiger partial charge in [0.15, 0.2) is 0 Å². The van der Waals surface area contributed by atoms with Crippen molar-refractivity contribution in [1.29, 1.82) is 0 Å². The van der Waals surface area contributed by atoms with Gasteiger partial charge < -0.3 is 14.7 Å². The zero-order valence-electron chi connectivity index (χ0n) is 20.1. The van der Waals surface area contributed by atoms with Gasteiger partial charge in [0.1, 0.15) is 0 Å². The number of aromatic nitrogens is 2. The number of amides is 2. The Balaban J connectivity index is 1.24. The first-order chi connectivity index (χ1) is 16.4. The smallest absolute Gasteiger partial charge is 0.228 e. The van der Waals surface area contributed by atoms with Crippen LogP contribution in [0.2, 0.25) is 0 Å². The minimum atomic E-state index is -0.273. The molecule has 2 aliphatic rings. The lowest BCUT2D eigenvalue weighted by molar-refractivity contribution is -0.136. The van der Waals surface area contributed by atoms with E-state index in [1.54, 1.807) is 4.90 Å². The third kappa shape index (κ3) is 4.06. The van der Waals surface area contributed by atoms with Crippen LogP contribution in [-0.4, -0.2) is 59.2 Å². The molecule has 0 radical (unpaired) electrons. The fourth-order valence-electron chi connectivity index (χ4n) is 5.17. The number of anilines is 2. The predicted molar refractivity (Wildman–Crippen MR) is 133 cm³/mol. The zero-order valence-corrected chi connectivity index (χ0v) is 20.1. The van der Waals surface area contributed by atoms with Crippen LogP contribution in [0.5, 0.6) is 0 Å². The van der Waals surface area contributed by atoms with E-state index in [9.17, 15) is 9.59 Å². The lowest BCUT2D eigenvalue weighted by Crippen LogP contribution is -2.51. The van der Waals surface area contributed by atoms with Crippen LogP contribution in [0.1, 0.15) is 23.4 Å². The molecule has 7 nitrogen and oxygen atoms in total. The number of para-hydroxylation sites is 1. The topological polar surface area (TPSA) is 61.7 Å². The highest BCUT2D eigenvalue weighted by atomic mass is 16.2. The number of rotatable bonds is 4. The highest BCUT2D eigenvalue weighted by Crippen LogP contribution is 2.30. The van der Waals surface area contributed by atoms with E-state index in [0.717, 1.165) is 47.1 Å². The minimum absolute atomic E-state index is 0.0282. The van der Waals surface area contributed by atoms with Crippen molar-refractivity contribution >= 4 is 23.2 Å². The summed E-state index contributed by atoms with van der Waals surface area (Å²) in [6.07, 6.45) is 0.287. The molecule has 1 atom stereocenters. The Bertz CT molecular complexity index is 1190. The SMILES string of the molecule is Cc1ccc(N2CC(C(=O)N3CCN(c4c(C)nn(-c5ccccc5)c4C)CC3)CC2=O)cc1. The van der Waals surface area contributed by atoms with E-state index >= 15 is 0 Å². The van der Waals surface area contributed by atoms with E-state index in [1.165, 1.54) is 0 Å². The van der Waals surface area contributed by atoms with E-state index in [4.69, 9.17) is 5.10 Å². The Morgan fingerprint density at radius 2 is 1.56 bits per heavy atom. The van der Waals surface area contributed by atoms with E-state index in [-0.39, 0.29) is 24.2 Å². The molecular formula is C27H31N5O2. The summed E-state index contributed by atoms with van der Waals surface area (Å²) in [6, 6.07) is 18.1. The maximum Gasteiger partial charge on any atom is 0.228 e. The summed E-state index contributed by atoms with van der Waals surface area (Å²) in [5.41, 5.74) is 6.33. The number of hydrogen-bond donors (Lipinski definition) is 0. The van der Waals surface area contributed by atoms with E-state index < -0.39 is 0 Å². The molecule has 0 saturated carbocycles. The van der Waals surface area contributed by atoms with Crippen LogP contribution in [0, 0.1) is 26.7 Å². The maximum absolute atomic E-state index is 13.3. The van der Waals surface area contributed by atoms with Crippen LogP contribution in [0.15, 0.2) is 54.6 Å². The van der Waals surface area contributed by atoms with Crippen molar-refractivity contribution in [2.24, 2.45) is 5.92 Å². The number of piperazine rings is 1. The second-order valence-electron chi connectivity index (χ2n) is 9.32. The molecule has 2 fully saturated rings. The molecule has 0 bridgehead atoms. The number of carbonyl (C=O) groups excluding carboxylic acids is 2. The highest BCUT2D eigenvalue weighted by Gasteiger charge is 2.38. The van der Waals surface area contributed by atoms with Gasteiger partial charge in [-0.3, -0.25) is 9.59 Å². The Labute approximate surface area is 200 Å². The summed E-state index contributed by atoms with van der Waals surface area (Å²) in [6.45, 7) is 9.46. The molecule has 2 aromatic carbocycles. The first kappa shape index (κ1) is 22.2. The molecule has 0 N–H and O–H groups in total. The second kappa shape index (κ2) is 8.97. The van der Waals surface area contributed by atoms with Crippen molar-refractivity contribution in [3.8, 4) is 5.69 Å². The molecule has 176 valence electrons. The van der Waals surface area contributed by atoms with Gasteiger partial charge in [-0.05, 0) is 45.0 Å². The molecule has 1 aromatic heterocycles. The van der Waals surface area contributed by atoms with Gasteiger partial charge in [-0.2, -0.15) is 5.10 Å². The van der Waals surface area contributed by atoms with Gasteiger partial charge in [-0.1, -0.05) is 35.9 Å². The molecule has 0 spiro atoms. The number of hydrogen-bond acceptors (Lipinski definition) is 4. The summed E-state index contributed by atoms with van der Waals surface area (Å²) in [5.74, 6) is -0.152. The summed E-state index contributed by atoms with van der Waals surface area (Å²) in [5, 5.41) is 4.78. The molecular weight excluding hydrogens is 426 g/mol. The molecule has 0 aliphatic carbocycles. The second-order valence-corrected chi connectivity index (χ2v) is 9.32. The summed E-state index contributed by atoms with van der Waals surface area (Å²) in [7, 11) is 0. The van der Waals surface area contributed by atoms with Crippen molar-refractivity contribution < 1.29 is 9.59 Å². The normalized spacial score (nSPS) is 18.6. The molecule has 2 saturated heterocycles. The Kier molecular flexibility index (Phi) is 5.86. The van der Waals surface area contributed by atoms with Crippen LogP contribution >= 0.6 is 0 Å². The monoisotopic (exact) mass is 457 g/mol. The molecule has 34 heavy (non-hydrogen) atoms. The minimum Gasteiger partial charge on any atom is -0.365 e. The van der Waals surface area contributed by atoms with Gasteiger partial charge in [0, 0.05) is 44.8 Å². The van der Waals surface area contributed by atoms with Crippen LogP contribution in [0.3, 0.4) is 0 Å². The van der Waals surface area contributed by atoms with Crippen LogP contribution in [0.4, 0.5) is 11.4 Å². The average Bonchev–Trinajstić information content (AvgIpc) is 3.39. The predicted octanol–water partition coefficient (Wildman–Crippen LogP) is 3.50. The number of aryl methyl sites for hydroxylation is 2. The lowest BCUT2D eigenvalue weighted by atomic mass is 10.1. The standard InChI is InChI=1S/C27H31N5O2/c1-19-9-11-23(12-10-19)31-18-22(17-25(31)33)27(34)30-15-13-29(14-16-30)26-20(2)28-32(21(26)3)24-7-5-4-6-8-24/h4-12,22H,13-18H2,1-3H3. The number of nitrogens with zero attached hydrogens (tertiary/aromatic N) is 5. The average molecular weight is 458 g/mol. The van der Waals surface area contributed by atoms with Gasteiger partial charge in [0.2, 0.25) is 11.8 Å². The fourth-order valence-corrected chi connectivity index (χ4v) is 5.17. The third-order valence-corrected chi connectivity index (χ3v) is 6.98. The van der Waals surface area contributed by atoms with E-state index in [2.05, 4.69) is 24.0 Å². The quantitative estimate of drug-likeness (QED) is 0.602. The van der Waals surface area contributed by atoms with Crippen LogP contribution in [-0.2, 0) is 9.59 Å². The summed E-state index contributed by atoms with van der Waals surface area (Å²) in [4.78, 5) is 31.9. The molecule has 5 rings (SSSR count). The van der Waals surface area contributed by atoms with Gasteiger partial charge in [0.05, 0.1) is 28.7 Å². The Hall–Kier alpha value is -3.61. The molecule has 2 amide bonds. The fraction of sp³-hybridized carbons (Fsp3) is 0.370. The van der Waals surface area contributed by atoms with Gasteiger partial charge in [0.25, 0.3) is 0 Å². The first-order valence-electron chi connectivity index (χ1n) is 11.9. The van der Waals surface area contributed by atoms with Gasteiger partial charge in [-0.15, -0.1) is 0 Å². The Morgan fingerprint density at radius 3 is 2.24 bits per heavy atom. The summed E-state index contributed by atoms with van der Waals surface area (Å²) >= 11 is 0. The Morgan fingerprint density at radius 1 is 0.882 bits per heavy atom. The highest BCUT2D eigenvalue weighted by molar-refractivity contribution is 6.00. The van der Waals surface area contributed by atoms with Crippen LogP contribution < -0.4 is 9.80 Å². The van der Waals surface area contributed by atoms with Crippen molar-refractivity contribution in [1.82, 2.24) is 14.7 Å². The number of benzene rings is 2. The largest absolute Gasteiger partial charge is 0.365 e. The molecule has 3 aromatic rings. The van der Waals surface area contributed by atoms with Gasteiger partial charge >= 0.3 is 0 Å². The zero-order chi connectivity index (χ0) is 23.8. The third-order valence-electron chi connectivity index (χ3n) is 6.98. The molecule has 7 heteroatoms. The van der Waals surface area contributed by atoms with Crippen molar-refractivity contribution in [3.05, 3.63) is 71.5 Å². The van der Waals surface area contributed by atoms with Crippen molar-refractivity contribution in [2.45, 2.75) is 27.2 Å². The van der Waals surface area contributed by atoms with E-state index in [0.29, 0.717) is 19.6 Å². The van der Waals surface area contributed by atoms with Crippen molar-refractivity contribution in [3.63, 3.8) is 0 Å². The molecule has 1 unspecified atom stereocenters. The van der Waals surface area contributed by atoms with Crippen LogP contribution in [0.25, 0.3) is 5.69 Å². The van der Waals surface area contributed by atoms with Crippen molar-refractivity contribution in [2.75, 3.05) is 42.5 Å². The molecule has 3 heterocycles. The maximum atomic E-state index is 13.3. The summed E-state index contributed by atoms with van der Waals surface area (Å²) < 4.78 is 1.99. The lowest BCUT2D eigenvalue weighted by Gasteiger charge is -2.37. The van der Waals surface area contributed by atoms with Gasteiger partial charge in [-0.25, -0.2) is 4.68 Å². The number of carbonyl (C=O) groups is 2. The molecule has 2 aliphatic heterocycles. The van der Waals surface area contributed by atoms with E-state index in [1.807, 2.05) is 65.9 Å².